The third-order valence-electron chi connectivity index (χ3n) is 7.52. The summed E-state index contributed by atoms with van der Waals surface area (Å²) in [6.45, 7) is 7.52. The van der Waals surface area contributed by atoms with Gasteiger partial charge in [0, 0.05) is 24.6 Å². The number of anilines is 1. The van der Waals surface area contributed by atoms with Crippen LogP contribution in [0.5, 0.6) is 0 Å². The number of nitrogens with zero attached hydrogens (tertiary/aromatic N) is 4. The summed E-state index contributed by atoms with van der Waals surface area (Å²) in [4.78, 5) is 28.1. The zero-order valence-electron chi connectivity index (χ0n) is 22.1. The Morgan fingerprint density at radius 2 is 1.68 bits per heavy atom. The molecule has 2 amide bonds. The van der Waals surface area contributed by atoms with Crippen molar-refractivity contribution in [2.24, 2.45) is 11.3 Å². The second kappa shape index (κ2) is 12.1. The lowest BCUT2D eigenvalue weighted by Crippen LogP contribution is -2.43. The lowest BCUT2D eigenvalue weighted by molar-refractivity contribution is -0.135. The molecule has 4 rings (SSSR count). The molecule has 0 saturated heterocycles. The molecule has 196 valence electrons. The van der Waals surface area contributed by atoms with Gasteiger partial charge in [-0.25, -0.2) is 0 Å². The maximum atomic E-state index is 13.5. The van der Waals surface area contributed by atoms with Gasteiger partial charge in [-0.15, -0.1) is 5.10 Å². The molecule has 8 heteroatoms. The Morgan fingerprint density at radius 1 is 0.973 bits per heavy atom. The first kappa shape index (κ1) is 26.5. The molecular formula is C29H38N6O2. The minimum absolute atomic E-state index is 0.132. The van der Waals surface area contributed by atoms with Crippen LogP contribution in [0, 0.1) is 11.3 Å². The van der Waals surface area contributed by atoms with Crippen molar-refractivity contribution >= 4 is 17.8 Å². The van der Waals surface area contributed by atoms with E-state index in [-0.39, 0.29) is 23.8 Å². The Labute approximate surface area is 219 Å². The summed E-state index contributed by atoms with van der Waals surface area (Å²) >= 11 is 0. The smallest absolute Gasteiger partial charge is 0.270 e. The molecule has 37 heavy (non-hydrogen) atoms. The van der Waals surface area contributed by atoms with E-state index in [1.807, 2.05) is 30.3 Å². The maximum Gasteiger partial charge on any atom is 0.270 e. The standard InChI is InChI=1S/C29H38N6O2/c1-29(2,3)24-16-18-25(19-17-24)35(26(36)11-7-10-21-8-5-4-6-9-21)20-22-12-14-23(15-13-22)27(37)30-28-31-33-34-32-28/h4-6,8-9,12-15,24-25H,7,10-11,16-20H2,1-3H3,(H2,30,31,32,33,34,37). The van der Waals surface area contributed by atoms with Crippen molar-refractivity contribution in [1.29, 1.82) is 0 Å². The summed E-state index contributed by atoms with van der Waals surface area (Å²) < 4.78 is 0. The largest absolute Gasteiger partial charge is 0.335 e. The van der Waals surface area contributed by atoms with E-state index >= 15 is 0 Å². The number of aryl methyl sites for hydroxylation is 1. The molecule has 2 aromatic carbocycles. The summed E-state index contributed by atoms with van der Waals surface area (Å²) in [7, 11) is 0. The molecule has 1 aromatic heterocycles. The fourth-order valence-corrected chi connectivity index (χ4v) is 5.25. The molecule has 0 aliphatic heterocycles. The van der Waals surface area contributed by atoms with Gasteiger partial charge in [-0.1, -0.05) is 68.3 Å². The fraction of sp³-hybridized carbons (Fsp3) is 0.483. The number of benzene rings is 2. The Bertz CT molecular complexity index is 1130. The average Bonchev–Trinajstić information content (AvgIpc) is 3.41. The number of hydrogen-bond donors (Lipinski definition) is 2. The van der Waals surface area contributed by atoms with Gasteiger partial charge in [0.15, 0.2) is 0 Å². The van der Waals surface area contributed by atoms with Gasteiger partial charge >= 0.3 is 0 Å². The van der Waals surface area contributed by atoms with E-state index in [0.717, 1.165) is 44.1 Å². The third-order valence-corrected chi connectivity index (χ3v) is 7.52. The highest BCUT2D eigenvalue weighted by atomic mass is 16.2. The van der Waals surface area contributed by atoms with E-state index in [2.05, 4.69) is 63.7 Å². The van der Waals surface area contributed by atoms with Crippen molar-refractivity contribution in [3.05, 3.63) is 71.3 Å². The van der Waals surface area contributed by atoms with Crippen LogP contribution in [-0.4, -0.2) is 43.4 Å². The lowest BCUT2D eigenvalue weighted by atomic mass is 9.71. The zero-order chi connectivity index (χ0) is 26.3. The lowest BCUT2D eigenvalue weighted by Gasteiger charge is -2.41. The number of tetrazole rings is 1. The molecule has 0 radical (unpaired) electrons. The van der Waals surface area contributed by atoms with Crippen LogP contribution in [0.4, 0.5) is 5.95 Å². The number of aromatic nitrogens is 4. The van der Waals surface area contributed by atoms with Gasteiger partial charge in [0.25, 0.3) is 11.9 Å². The Balaban J connectivity index is 1.41. The minimum atomic E-state index is -0.303. The van der Waals surface area contributed by atoms with Crippen LogP contribution >= 0.6 is 0 Å². The molecule has 1 fully saturated rings. The van der Waals surface area contributed by atoms with Crippen molar-refractivity contribution in [3.8, 4) is 0 Å². The quantitative estimate of drug-likeness (QED) is 0.407. The monoisotopic (exact) mass is 502 g/mol. The van der Waals surface area contributed by atoms with Crippen molar-refractivity contribution in [1.82, 2.24) is 25.5 Å². The van der Waals surface area contributed by atoms with E-state index < -0.39 is 0 Å². The molecule has 1 saturated carbocycles. The summed E-state index contributed by atoms with van der Waals surface area (Å²) in [6.07, 6.45) is 6.66. The van der Waals surface area contributed by atoms with E-state index in [0.29, 0.717) is 29.9 Å². The molecule has 2 N–H and O–H groups in total. The minimum Gasteiger partial charge on any atom is -0.335 e. The number of amides is 2. The summed E-state index contributed by atoms with van der Waals surface area (Å²) in [6, 6.07) is 18.0. The van der Waals surface area contributed by atoms with Gasteiger partial charge in [0.1, 0.15) is 0 Å². The first-order valence-corrected chi connectivity index (χ1v) is 13.3. The molecule has 8 nitrogen and oxygen atoms in total. The number of rotatable bonds is 9. The van der Waals surface area contributed by atoms with Crippen molar-refractivity contribution < 1.29 is 9.59 Å². The Morgan fingerprint density at radius 3 is 2.30 bits per heavy atom. The highest BCUT2D eigenvalue weighted by molar-refractivity contribution is 6.03. The van der Waals surface area contributed by atoms with Gasteiger partial charge in [0.2, 0.25) is 5.91 Å². The SMILES string of the molecule is CC(C)(C)C1CCC(N(Cc2ccc(C(=O)Nc3nn[nH]n3)cc2)C(=O)CCCc2ccccc2)CC1. The number of nitrogens with one attached hydrogen (secondary N) is 2. The fourth-order valence-electron chi connectivity index (χ4n) is 5.25. The number of H-pyrrole nitrogens is 1. The summed E-state index contributed by atoms with van der Waals surface area (Å²) in [5, 5.41) is 15.9. The van der Waals surface area contributed by atoms with Gasteiger partial charge < -0.3 is 4.90 Å². The predicted molar refractivity (Wildman–Crippen MR) is 144 cm³/mol. The van der Waals surface area contributed by atoms with Crippen LogP contribution in [0.25, 0.3) is 0 Å². The third kappa shape index (κ3) is 7.47. The van der Waals surface area contributed by atoms with E-state index in [4.69, 9.17) is 0 Å². The van der Waals surface area contributed by atoms with Crippen LogP contribution in [-0.2, 0) is 17.8 Å². The highest BCUT2D eigenvalue weighted by Crippen LogP contribution is 2.39. The number of carbonyl (C=O) groups is 2. The molecule has 0 bridgehead atoms. The van der Waals surface area contributed by atoms with Crippen LogP contribution in [0.1, 0.15) is 80.8 Å². The number of carbonyl (C=O) groups excluding carboxylic acids is 2. The summed E-state index contributed by atoms with van der Waals surface area (Å²) in [5.41, 5.74) is 3.08. The van der Waals surface area contributed by atoms with Gasteiger partial charge in [0.05, 0.1) is 0 Å². The second-order valence-electron chi connectivity index (χ2n) is 11.1. The molecular weight excluding hydrogens is 464 g/mol. The molecule has 1 aliphatic carbocycles. The van der Waals surface area contributed by atoms with Crippen molar-refractivity contribution in [3.63, 3.8) is 0 Å². The molecule has 3 aromatic rings. The topological polar surface area (TPSA) is 104 Å². The Hall–Kier alpha value is -3.55. The van der Waals surface area contributed by atoms with Crippen LogP contribution < -0.4 is 5.32 Å². The molecule has 0 atom stereocenters. The zero-order valence-corrected chi connectivity index (χ0v) is 22.1. The molecule has 0 spiro atoms. The van der Waals surface area contributed by atoms with E-state index in [1.165, 1.54) is 5.56 Å². The van der Waals surface area contributed by atoms with Gasteiger partial charge in [-0.3, -0.25) is 14.9 Å². The maximum absolute atomic E-state index is 13.5. The van der Waals surface area contributed by atoms with E-state index in [9.17, 15) is 9.59 Å². The van der Waals surface area contributed by atoms with Gasteiger partial charge in [-0.2, -0.15) is 5.21 Å². The van der Waals surface area contributed by atoms with Gasteiger partial charge in [-0.05, 0) is 78.3 Å². The first-order chi connectivity index (χ1) is 17.8. The summed E-state index contributed by atoms with van der Waals surface area (Å²) in [5.74, 6) is 0.736. The number of aromatic amines is 1. The van der Waals surface area contributed by atoms with E-state index in [1.54, 1.807) is 12.1 Å². The average molecular weight is 503 g/mol. The normalized spacial score (nSPS) is 17.8. The van der Waals surface area contributed by atoms with Crippen LogP contribution in [0.2, 0.25) is 0 Å². The molecule has 1 aliphatic rings. The molecule has 0 unspecified atom stereocenters. The first-order valence-electron chi connectivity index (χ1n) is 13.3. The highest BCUT2D eigenvalue weighted by Gasteiger charge is 2.33. The van der Waals surface area contributed by atoms with Crippen LogP contribution in [0.3, 0.4) is 0 Å². The number of hydrogen-bond acceptors (Lipinski definition) is 5. The second-order valence-corrected chi connectivity index (χ2v) is 11.1. The Kier molecular flexibility index (Phi) is 8.69. The van der Waals surface area contributed by atoms with Crippen LogP contribution in [0.15, 0.2) is 54.6 Å². The van der Waals surface area contributed by atoms with Crippen molar-refractivity contribution in [2.45, 2.75) is 78.3 Å². The van der Waals surface area contributed by atoms with Crippen molar-refractivity contribution in [2.75, 3.05) is 5.32 Å². The molecule has 1 heterocycles. The predicted octanol–water partition coefficient (Wildman–Crippen LogP) is 5.41.